The third-order valence-electron chi connectivity index (χ3n) is 2.95. The molecule has 0 saturated carbocycles. The first-order valence-corrected chi connectivity index (χ1v) is 6.77. The zero-order valence-electron chi connectivity index (χ0n) is 11.0. The molecule has 0 N–H and O–H groups in total. The van der Waals surface area contributed by atoms with Gasteiger partial charge >= 0.3 is 0 Å². The van der Waals surface area contributed by atoms with Crippen molar-refractivity contribution in [1.29, 1.82) is 0 Å². The lowest BCUT2D eigenvalue weighted by Crippen LogP contribution is -1.96. The maximum atomic E-state index is 12.9. The van der Waals surface area contributed by atoms with E-state index in [4.69, 9.17) is 16.3 Å². The van der Waals surface area contributed by atoms with Gasteiger partial charge in [-0.3, -0.25) is 0 Å². The second-order valence-corrected chi connectivity index (χ2v) is 4.90. The molecule has 1 aromatic heterocycles. The number of para-hydroxylation sites is 1. The normalized spacial score (nSPS) is 10.6. The van der Waals surface area contributed by atoms with Crippen molar-refractivity contribution in [2.45, 2.75) is 6.61 Å². The predicted molar refractivity (Wildman–Crippen MR) is 79.3 cm³/mol. The number of benzene rings is 2. The van der Waals surface area contributed by atoms with Crippen molar-refractivity contribution in [3.63, 3.8) is 0 Å². The van der Waals surface area contributed by atoms with E-state index in [2.05, 4.69) is 5.10 Å². The molecule has 0 spiro atoms. The molecule has 0 atom stereocenters. The molecule has 3 aromatic rings. The monoisotopic (exact) mass is 302 g/mol. The van der Waals surface area contributed by atoms with Gasteiger partial charge in [0.25, 0.3) is 0 Å². The molecule has 0 saturated heterocycles. The molecule has 0 bridgehead atoms. The van der Waals surface area contributed by atoms with Gasteiger partial charge in [0.05, 0.1) is 16.9 Å². The van der Waals surface area contributed by atoms with Gasteiger partial charge in [0.15, 0.2) is 0 Å². The standard InChI is InChI=1S/C16H12ClFN2O/c17-15-8-13(18)6-7-16(15)21-11-12-9-19-20(10-12)14-4-2-1-3-5-14/h1-10H,11H2. The van der Waals surface area contributed by atoms with E-state index in [-0.39, 0.29) is 10.8 Å². The minimum absolute atomic E-state index is 0.255. The molecule has 0 aliphatic heterocycles. The Morgan fingerprint density at radius 3 is 2.71 bits per heavy atom. The zero-order chi connectivity index (χ0) is 14.7. The summed E-state index contributed by atoms with van der Waals surface area (Å²) in [5.74, 6) is 0.0646. The lowest BCUT2D eigenvalue weighted by atomic mass is 10.3. The quantitative estimate of drug-likeness (QED) is 0.720. The Bertz CT molecular complexity index is 743. The molecule has 1 heterocycles. The van der Waals surface area contributed by atoms with Crippen LogP contribution in [0.4, 0.5) is 4.39 Å². The molecule has 0 amide bonds. The third kappa shape index (κ3) is 3.23. The summed E-state index contributed by atoms with van der Waals surface area (Å²) < 4.78 is 20.3. The molecule has 0 aliphatic rings. The first-order chi connectivity index (χ1) is 10.2. The van der Waals surface area contributed by atoms with Crippen LogP contribution in [0.15, 0.2) is 60.9 Å². The number of hydrogen-bond acceptors (Lipinski definition) is 2. The van der Waals surface area contributed by atoms with Gasteiger partial charge in [0, 0.05) is 11.8 Å². The largest absolute Gasteiger partial charge is 0.487 e. The predicted octanol–water partition coefficient (Wildman–Crippen LogP) is 4.24. The minimum atomic E-state index is -0.385. The molecule has 3 nitrogen and oxygen atoms in total. The smallest absolute Gasteiger partial charge is 0.138 e. The molecule has 0 radical (unpaired) electrons. The van der Waals surface area contributed by atoms with Crippen LogP contribution in [-0.2, 0) is 6.61 Å². The highest BCUT2D eigenvalue weighted by atomic mass is 35.5. The minimum Gasteiger partial charge on any atom is -0.487 e. The van der Waals surface area contributed by atoms with Crippen molar-refractivity contribution in [2.75, 3.05) is 0 Å². The number of ether oxygens (including phenoxy) is 1. The summed E-state index contributed by atoms with van der Waals surface area (Å²) in [6.07, 6.45) is 3.61. The van der Waals surface area contributed by atoms with E-state index in [1.807, 2.05) is 36.5 Å². The van der Waals surface area contributed by atoms with Gasteiger partial charge in [-0.05, 0) is 30.3 Å². The summed E-state index contributed by atoms with van der Waals surface area (Å²) in [5, 5.41) is 4.53. The van der Waals surface area contributed by atoms with Crippen LogP contribution < -0.4 is 4.74 Å². The van der Waals surface area contributed by atoms with E-state index in [9.17, 15) is 4.39 Å². The van der Waals surface area contributed by atoms with Crippen molar-refractivity contribution < 1.29 is 9.13 Å². The summed E-state index contributed by atoms with van der Waals surface area (Å²) in [5.41, 5.74) is 1.88. The second-order valence-electron chi connectivity index (χ2n) is 4.49. The number of rotatable bonds is 4. The lowest BCUT2D eigenvalue weighted by Gasteiger charge is -2.06. The first kappa shape index (κ1) is 13.6. The Hall–Kier alpha value is -2.33. The fraction of sp³-hybridized carbons (Fsp3) is 0.0625. The molecule has 3 rings (SSSR count). The molecule has 106 valence electrons. The summed E-state index contributed by atoms with van der Waals surface area (Å²) >= 11 is 5.91. The van der Waals surface area contributed by atoms with Crippen LogP contribution in [0.5, 0.6) is 5.75 Å². The molecule has 0 fully saturated rings. The summed E-state index contributed by atoms with van der Waals surface area (Å²) in [7, 11) is 0. The Balaban J connectivity index is 1.70. The highest BCUT2D eigenvalue weighted by Gasteiger charge is 2.05. The SMILES string of the molecule is Fc1ccc(OCc2cnn(-c3ccccc3)c2)c(Cl)c1. The summed E-state index contributed by atoms with van der Waals surface area (Å²) in [4.78, 5) is 0. The van der Waals surface area contributed by atoms with Crippen molar-refractivity contribution in [3.05, 3.63) is 77.3 Å². The van der Waals surface area contributed by atoms with Gasteiger partial charge in [-0.2, -0.15) is 5.10 Å². The summed E-state index contributed by atoms with van der Waals surface area (Å²) in [6, 6.07) is 13.8. The Kier molecular flexibility index (Phi) is 3.88. The Labute approximate surface area is 126 Å². The summed E-state index contributed by atoms with van der Waals surface area (Å²) in [6.45, 7) is 0.318. The third-order valence-corrected chi connectivity index (χ3v) is 3.24. The van der Waals surface area contributed by atoms with E-state index in [1.165, 1.54) is 18.2 Å². The van der Waals surface area contributed by atoms with Gasteiger partial charge in [-0.1, -0.05) is 29.8 Å². The highest BCUT2D eigenvalue weighted by molar-refractivity contribution is 6.32. The van der Waals surface area contributed by atoms with Crippen molar-refractivity contribution in [3.8, 4) is 11.4 Å². The van der Waals surface area contributed by atoms with Gasteiger partial charge in [0.2, 0.25) is 0 Å². The van der Waals surface area contributed by atoms with Crippen LogP contribution in [0, 0.1) is 5.82 Å². The molecular formula is C16H12ClFN2O. The average molecular weight is 303 g/mol. The number of halogens is 2. The van der Waals surface area contributed by atoms with E-state index in [1.54, 1.807) is 10.9 Å². The zero-order valence-corrected chi connectivity index (χ0v) is 11.8. The number of aromatic nitrogens is 2. The van der Waals surface area contributed by atoms with Crippen molar-refractivity contribution >= 4 is 11.6 Å². The van der Waals surface area contributed by atoms with Crippen LogP contribution in [0.2, 0.25) is 5.02 Å². The first-order valence-electron chi connectivity index (χ1n) is 6.39. The van der Waals surface area contributed by atoms with Gasteiger partial charge < -0.3 is 4.74 Å². The van der Waals surface area contributed by atoms with Crippen molar-refractivity contribution in [2.24, 2.45) is 0 Å². The van der Waals surface area contributed by atoms with Crippen molar-refractivity contribution in [1.82, 2.24) is 9.78 Å². The molecule has 21 heavy (non-hydrogen) atoms. The van der Waals surface area contributed by atoms with Gasteiger partial charge in [0.1, 0.15) is 18.2 Å². The van der Waals surface area contributed by atoms with E-state index in [0.717, 1.165) is 11.3 Å². The van der Waals surface area contributed by atoms with E-state index < -0.39 is 0 Å². The Morgan fingerprint density at radius 1 is 1.14 bits per heavy atom. The number of hydrogen-bond donors (Lipinski definition) is 0. The highest BCUT2D eigenvalue weighted by Crippen LogP contribution is 2.25. The molecular weight excluding hydrogens is 291 g/mol. The van der Waals surface area contributed by atoms with Crippen LogP contribution in [0.3, 0.4) is 0 Å². The molecule has 2 aromatic carbocycles. The maximum Gasteiger partial charge on any atom is 0.138 e. The Morgan fingerprint density at radius 2 is 1.95 bits per heavy atom. The fourth-order valence-electron chi connectivity index (χ4n) is 1.91. The number of nitrogens with zero attached hydrogens (tertiary/aromatic N) is 2. The van der Waals surface area contributed by atoms with E-state index >= 15 is 0 Å². The lowest BCUT2D eigenvalue weighted by molar-refractivity contribution is 0.306. The molecule has 0 aliphatic carbocycles. The average Bonchev–Trinajstić information content (AvgIpc) is 2.96. The topological polar surface area (TPSA) is 27.1 Å². The van der Waals surface area contributed by atoms with Crippen LogP contribution >= 0.6 is 11.6 Å². The fourth-order valence-corrected chi connectivity index (χ4v) is 2.13. The van der Waals surface area contributed by atoms with Crippen LogP contribution in [0.1, 0.15) is 5.56 Å². The van der Waals surface area contributed by atoms with Gasteiger partial charge in [-0.15, -0.1) is 0 Å². The molecule has 5 heteroatoms. The maximum absolute atomic E-state index is 12.9. The second kappa shape index (κ2) is 5.97. The van der Waals surface area contributed by atoms with Crippen LogP contribution in [-0.4, -0.2) is 9.78 Å². The molecule has 0 unspecified atom stereocenters. The van der Waals surface area contributed by atoms with Gasteiger partial charge in [-0.25, -0.2) is 9.07 Å². The van der Waals surface area contributed by atoms with Crippen LogP contribution in [0.25, 0.3) is 5.69 Å². The van der Waals surface area contributed by atoms with E-state index in [0.29, 0.717) is 12.4 Å².